The number of hydrogen-bond donors (Lipinski definition) is 2. The Kier molecular flexibility index (Phi) is 4.10. The van der Waals surface area contributed by atoms with Gasteiger partial charge in [-0.15, -0.1) is 11.3 Å². The van der Waals surface area contributed by atoms with Crippen molar-refractivity contribution in [3.05, 3.63) is 21.9 Å². The number of amides is 1. The average molecular weight is 212 g/mol. The third-order valence-corrected chi connectivity index (χ3v) is 3.03. The van der Waals surface area contributed by atoms with Crippen LogP contribution in [-0.2, 0) is 11.3 Å². The normalized spacial score (nSPS) is 12.5. The fourth-order valence-corrected chi connectivity index (χ4v) is 1.87. The summed E-state index contributed by atoms with van der Waals surface area (Å²) in [6, 6.07) is 4.09. The van der Waals surface area contributed by atoms with E-state index in [1.165, 1.54) is 9.75 Å². The maximum Gasteiger partial charge on any atom is 0.224 e. The molecule has 1 atom stereocenters. The van der Waals surface area contributed by atoms with Gasteiger partial charge in [-0.2, -0.15) is 0 Å². The predicted octanol–water partition coefficient (Wildman–Crippen LogP) is 1.27. The van der Waals surface area contributed by atoms with Crippen molar-refractivity contribution in [2.75, 3.05) is 6.54 Å². The van der Waals surface area contributed by atoms with Crippen LogP contribution < -0.4 is 11.1 Å². The second kappa shape index (κ2) is 5.12. The molecule has 0 aliphatic rings. The van der Waals surface area contributed by atoms with Crippen LogP contribution >= 0.6 is 11.3 Å². The second-order valence-corrected chi connectivity index (χ2v) is 4.74. The minimum atomic E-state index is -0.101. The smallest absolute Gasteiger partial charge is 0.224 e. The van der Waals surface area contributed by atoms with Crippen LogP contribution in [0.4, 0.5) is 0 Å². The van der Waals surface area contributed by atoms with Crippen LogP contribution in [0.2, 0.25) is 0 Å². The van der Waals surface area contributed by atoms with Crippen molar-refractivity contribution in [3.63, 3.8) is 0 Å². The summed E-state index contributed by atoms with van der Waals surface area (Å²) >= 11 is 1.70. The fourth-order valence-electron chi connectivity index (χ4n) is 1.04. The number of nitrogens with two attached hydrogens (primary N) is 1. The van der Waals surface area contributed by atoms with Crippen molar-refractivity contribution >= 4 is 17.2 Å². The summed E-state index contributed by atoms with van der Waals surface area (Å²) in [5.74, 6) is -0.0744. The lowest BCUT2D eigenvalue weighted by Gasteiger charge is -2.08. The predicted molar refractivity (Wildman–Crippen MR) is 59.1 cm³/mol. The summed E-state index contributed by atoms with van der Waals surface area (Å²) in [4.78, 5) is 13.8. The minimum Gasteiger partial charge on any atom is -0.351 e. The van der Waals surface area contributed by atoms with Crippen LogP contribution in [0.15, 0.2) is 12.1 Å². The van der Waals surface area contributed by atoms with E-state index in [1.807, 2.05) is 13.0 Å². The van der Waals surface area contributed by atoms with Crippen LogP contribution in [0, 0.1) is 12.8 Å². The van der Waals surface area contributed by atoms with Crippen molar-refractivity contribution < 1.29 is 4.79 Å². The lowest BCUT2D eigenvalue weighted by atomic mass is 10.2. The molecule has 0 radical (unpaired) electrons. The number of thiophene rings is 1. The molecule has 1 aromatic heterocycles. The molecule has 3 nitrogen and oxygen atoms in total. The Hall–Kier alpha value is -0.870. The summed E-state index contributed by atoms with van der Waals surface area (Å²) in [5.41, 5.74) is 5.39. The molecular formula is C10H16N2OS. The van der Waals surface area contributed by atoms with Gasteiger partial charge >= 0.3 is 0 Å². The molecular weight excluding hydrogens is 196 g/mol. The highest BCUT2D eigenvalue weighted by Gasteiger charge is 2.09. The van der Waals surface area contributed by atoms with Crippen LogP contribution in [0.5, 0.6) is 0 Å². The molecule has 14 heavy (non-hydrogen) atoms. The highest BCUT2D eigenvalue weighted by Crippen LogP contribution is 2.14. The molecule has 1 heterocycles. The molecule has 1 amide bonds. The molecule has 0 spiro atoms. The quantitative estimate of drug-likeness (QED) is 0.789. The standard InChI is InChI=1S/C10H16N2OS/c1-7(5-11)10(13)12-6-9-4-3-8(2)14-9/h3-4,7H,5-6,11H2,1-2H3,(H,12,13). The SMILES string of the molecule is Cc1ccc(CNC(=O)C(C)CN)s1. The molecule has 0 fully saturated rings. The van der Waals surface area contributed by atoms with E-state index in [4.69, 9.17) is 5.73 Å². The van der Waals surface area contributed by atoms with E-state index in [0.717, 1.165) is 0 Å². The van der Waals surface area contributed by atoms with Gasteiger partial charge in [0.25, 0.3) is 0 Å². The zero-order valence-corrected chi connectivity index (χ0v) is 9.36. The highest BCUT2D eigenvalue weighted by molar-refractivity contribution is 7.11. The number of aryl methyl sites for hydroxylation is 1. The zero-order valence-electron chi connectivity index (χ0n) is 8.54. The molecule has 0 saturated carbocycles. The summed E-state index contributed by atoms with van der Waals surface area (Å²) in [7, 11) is 0. The van der Waals surface area contributed by atoms with Gasteiger partial charge in [-0.05, 0) is 19.1 Å². The van der Waals surface area contributed by atoms with Crippen molar-refractivity contribution in [2.24, 2.45) is 11.7 Å². The molecule has 3 N–H and O–H groups in total. The van der Waals surface area contributed by atoms with E-state index < -0.39 is 0 Å². The van der Waals surface area contributed by atoms with Crippen molar-refractivity contribution in [1.82, 2.24) is 5.32 Å². The lowest BCUT2D eigenvalue weighted by Crippen LogP contribution is -2.32. The summed E-state index contributed by atoms with van der Waals surface area (Å²) < 4.78 is 0. The Morgan fingerprint density at radius 1 is 1.64 bits per heavy atom. The van der Waals surface area contributed by atoms with Crippen molar-refractivity contribution in [3.8, 4) is 0 Å². The first-order valence-electron chi connectivity index (χ1n) is 4.66. The van der Waals surface area contributed by atoms with E-state index in [1.54, 1.807) is 11.3 Å². The van der Waals surface area contributed by atoms with Gasteiger partial charge in [-0.3, -0.25) is 4.79 Å². The van der Waals surface area contributed by atoms with Gasteiger partial charge < -0.3 is 11.1 Å². The van der Waals surface area contributed by atoms with Crippen molar-refractivity contribution in [1.29, 1.82) is 0 Å². The zero-order chi connectivity index (χ0) is 10.6. The Morgan fingerprint density at radius 3 is 2.86 bits per heavy atom. The maximum absolute atomic E-state index is 11.4. The Labute approximate surface area is 88.3 Å². The van der Waals surface area contributed by atoms with Gasteiger partial charge in [0, 0.05) is 22.2 Å². The molecule has 1 rings (SSSR count). The van der Waals surface area contributed by atoms with Gasteiger partial charge in [0.1, 0.15) is 0 Å². The minimum absolute atomic E-state index is 0.0264. The van der Waals surface area contributed by atoms with Gasteiger partial charge in [0.05, 0.1) is 6.54 Å². The van der Waals surface area contributed by atoms with Gasteiger partial charge in [0.15, 0.2) is 0 Å². The average Bonchev–Trinajstić information content (AvgIpc) is 2.59. The van der Waals surface area contributed by atoms with Crippen LogP contribution in [-0.4, -0.2) is 12.5 Å². The van der Waals surface area contributed by atoms with Crippen molar-refractivity contribution in [2.45, 2.75) is 20.4 Å². The van der Waals surface area contributed by atoms with E-state index in [0.29, 0.717) is 13.1 Å². The molecule has 0 aliphatic heterocycles. The van der Waals surface area contributed by atoms with E-state index in [2.05, 4.69) is 18.3 Å². The molecule has 1 unspecified atom stereocenters. The largest absolute Gasteiger partial charge is 0.351 e. The topological polar surface area (TPSA) is 55.1 Å². The molecule has 0 bridgehead atoms. The molecule has 0 aromatic carbocycles. The summed E-state index contributed by atoms with van der Waals surface area (Å²) in [5, 5.41) is 2.85. The van der Waals surface area contributed by atoms with Crippen LogP contribution in [0.25, 0.3) is 0 Å². The lowest BCUT2D eigenvalue weighted by molar-refractivity contribution is -0.124. The Balaban J connectivity index is 2.37. The first-order chi connectivity index (χ1) is 6.63. The number of rotatable bonds is 4. The summed E-state index contributed by atoms with van der Waals surface area (Å²) in [6.07, 6.45) is 0. The second-order valence-electron chi connectivity index (χ2n) is 3.37. The summed E-state index contributed by atoms with van der Waals surface area (Å²) in [6.45, 7) is 4.89. The molecule has 1 aromatic rings. The molecule has 0 aliphatic carbocycles. The van der Waals surface area contributed by atoms with E-state index in [-0.39, 0.29) is 11.8 Å². The van der Waals surface area contributed by atoms with Gasteiger partial charge in [0.2, 0.25) is 5.91 Å². The Bertz CT molecular complexity index is 309. The van der Waals surface area contributed by atoms with Crippen LogP contribution in [0.3, 0.4) is 0 Å². The van der Waals surface area contributed by atoms with Gasteiger partial charge in [-0.25, -0.2) is 0 Å². The molecule has 4 heteroatoms. The maximum atomic E-state index is 11.4. The monoisotopic (exact) mass is 212 g/mol. The third-order valence-electron chi connectivity index (χ3n) is 2.03. The highest BCUT2D eigenvalue weighted by atomic mass is 32.1. The Morgan fingerprint density at radius 2 is 2.36 bits per heavy atom. The number of carbonyl (C=O) groups is 1. The molecule has 78 valence electrons. The van der Waals surface area contributed by atoms with Gasteiger partial charge in [-0.1, -0.05) is 6.92 Å². The fraction of sp³-hybridized carbons (Fsp3) is 0.500. The number of carbonyl (C=O) groups excluding carboxylic acids is 1. The van der Waals surface area contributed by atoms with Crippen LogP contribution in [0.1, 0.15) is 16.7 Å². The first kappa shape index (κ1) is 11.2. The van der Waals surface area contributed by atoms with E-state index >= 15 is 0 Å². The molecule has 0 saturated heterocycles. The number of hydrogen-bond acceptors (Lipinski definition) is 3. The third kappa shape index (κ3) is 3.12. The van der Waals surface area contributed by atoms with E-state index in [9.17, 15) is 4.79 Å². The number of nitrogens with one attached hydrogen (secondary N) is 1. The first-order valence-corrected chi connectivity index (χ1v) is 5.48.